The molecule has 0 radical (unpaired) electrons. The van der Waals surface area contributed by atoms with E-state index in [-0.39, 0.29) is 0 Å². The molecular weight excluding hydrogens is 308 g/mol. The second-order valence-electron chi connectivity index (χ2n) is 7.10. The topological polar surface area (TPSA) is 27.7 Å². The van der Waals surface area contributed by atoms with Crippen LogP contribution in [0.15, 0.2) is 42.7 Å². The Labute approximate surface area is 136 Å². The van der Waals surface area contributed by atoms with Gasteiger partial charge < -0.3 is 13.6 Å². The maximum absolute atomic E-state index is 6.25. The van der Waals surface area contributed by atoms with Gasteiger partial charge in [-0.1, -0.05) is 18.7 Å². The smallest absolute Gasteiger partial charge is 0.242 e. The molecule has 0 amide bonds. The minimum absolute atomic E-state index is 0.637. The van der Waals surface area contributed by atoms with Crippen LogP contribution < -0.4 is 4.74 Å². The predicted molar refractivity (Wildman–Crippen MR) is 99.0 cm³/mol. The Morgan fingerprint density at radius 3 is 2.00 bits per heavy atom. The lowest BCUT2D eigenvalue weighted by Crippen LogP contribution is -2.26. The second kappa shape index (κ2) is 7.20. The Morgan fingerprint density at radius 2 is 1.50 bits per heavy atom. The quantitative estimate of drug-likeness (QED) is 0.386. The van der Waals surface area contributed by atoms with Crippen molar-refractivity contribution in [3.63, 3.8) is 0 Å². The molecule has 3 nitrogen and oxygen atoms in total. The maximum Gasteiger partial charge on any atom is 0.242 e. The lowest BCUT2D eigenvalue weighted by atomic mass is 10.1. The number of hydrogen-bond donors (Lipinski definition) is 0. The SMILES string of the molecule is C=C(/C=C(\O[Si](C)(C)C)c1ccccc1OC)O[Si](C)(C)C. The fraction of sp³-hybridized carbons (Fsp3) is 0.412. The molecule has 0 heterocycles. The number of ether oxygens (including phenoxy) is 1. The van der Waals surface area contributed by atoms with Crippen LogP contribution in [-0.4, -0.2) is 23.7 Å². The van der Waals surface area contributed by atoms with Crippen molar-refractivity contribution < 1.29 is 13.6 Å². The molecule has 0 saturated heterocycles. The van der Waals surface area contributed by atoms with E-state index < -0.39 is 16.6 Å². The third-order valence-electron chi connectivity index (χ3n) is 2.52. The van der Waals surface area contributed by atoms with Crippen molar-refractivity contribution in [1.82, 2.24) is 0 Å². The van der Waals surface area contributed by atoms with Gasteiger partial charge in [0.05, 0.1) is 18.4 Å². The standard InChI is InChI=1S/C17H28O3Si2/c1-14(19-21(3,4)5)13-17(20-22(6,7)8)15-11-9-10-12-16(15)18-2/h9-13H,1H2,2-8H3/b17-13-. The van der Waals surface area contributed by atoms with Crippen molar-refractivity contribution in [2.45, 2.75) is 39.3 Å². The van der Waals surface area contributed by atoms with Crippen molar-refractivity contribution in [2.24, 2.45) is 0 Å². The lowest BCUT2D eigenvalue weighted by Gasteiger charge is -2.25. The summed E-state index contributed by atoms with van der Waals surface area (Å²) < 4.78 is 17.6. The van der Waals surface area contributed by atoms with E-state index in [1.807, 2.05) is 30.3 Å². The Balaban J connectivity index is 3.21. The molecule has 22 heavy (non-hydrogen) atoms. The van der Waals surface area contributed by atoms with Gasteiger partial charge in [0.2, 0.25) is 16.6 Å². The van der Waals surface area contributed by atoms with E-state index in [1.165, 1.54) is 0 Å². The predicted octanol–water partition coefficient (Wildman–Crippen LogP) is 5.25. The molecule has 0 fully saturated rings. The molecular formula is C17H28O3Si2. The van der Waals surface area contributed by atoms with Crippen LogP contribution in [-0.2, 0) is 8.85 Å². The molecule has 0 aliphatic rings. The molecule has 0 aliphatic heterocycles. The first-order valence-electron chi connectivity index (χ1n) is 7.44. The summed E-state index contributed by atoms with van der Waals surface area (Å²) in [5.41, 5.74) is 0.924. The average Bonchev–Trinajstić information content (AvgIpc) is 2.34. The Hall–Kier alpha value is -1.47. The minimum atomic E-state index is -1.77. The van der Waals surface area contributed by atoms with Crippen LogP contribution in [0.5, 0.6) is 5.75 Å². The molecule has 0 atom stereocenters. The van der Waals surface area contributed by atoms with Crippen LogP contribution in [0.25, 0.3) is 5.76 Å². The van der Waals surface area contributed by atoms with Gasteiger partial charge in [0.1, 0.15) is 11.5 Å². The molecule has 1 rings (SSSR count). The molecule has 0 aromatic heterocycles. The van der Waals surface area contributed by atoms with Crippen molar-refractivity contribution in [2.75, 3.05) is 7.11 Å². The first kappa shape index (κ1) is 18.6. The van der Waals surface area contributed by atoms with Gasteiger partial charge in [-0.2, -0.15) is 0 Å². The van der Waals surface area contributed by atoms with Gasteiger partial charge in [0.25, 0.3) is 0 Å². The number of allylic oxidation sites excluding steroid dienone is 1. The fourth-order valence-electron chi connectivity index (χ4n) is 1.91. The molecule has 5 heteroatoms. The van der Waals surface area contributed by atoms with Crippen LogP contribution >= 0.6 is 0 Å². The summed E-state index contributed by atoms with van der Waals surface area (Å²) in [5.74, 6) is 2.19. The third-order valence-corrected chi connectivity index (χ3v) is 4.22. The number of rotatable bonds is 7. The van der Waals surface area contributed by atoms with Crippen molar-refractivity contribution in [3.05, 3.63) is 48.2 Å². The van der Waals surface area contributed by atoms with Gasteiger partial charge in [-0.05, 0) is 51.4 Å². The molecule has 122 valence electrons. The Kier molecular flexibility index (Phi) is 6.08. The number of benzene rings is 1. The van der Waals surface area contributed by atoms with Crippen LogP contribution in [0, 0.1) is 0 Å². The van der Waals surface area contributed by atoms with Gasteiger partial charge >= 0.3 is 0 Å². The van der Waals surface area contributed by atoms with Gasteiger partial charge in [0, 0.05) is 6.08 Å². The van der Waals surface area contributed by atoms with E-state index >= 15 is 0 Å². The highest BCUT2D eigenvalue weighted by Gasteiger charge is 2.22. The average molecular weight is 337 g/mol. The van der Waals surface area contributed by atoms with Crippen LogP contribution in [0.1, 0.15) is 5.56 Å². The summed E-state index contributed by atoms with van der Waals surface area (Å²) in [5, 5.41) is 0. The zero-order valence-corrected chi connectivity index (χ0v) is 16.8. The minimum Gasteiger partial charge on any atom is -0.545 e. The summed E-state index contributed by atoms with van der Waals surface area (Å²) in [6, 6.07) is 7.84. The molecule has 1 aromatic rings. The van der Waals surface area contributed by atoms with Crippen molar-refractivity contribution in [1.29, 1.82) is 0 Å². The number of para-hydroxylation sites is 1. The van der Waals surface area contributed by atoms with E-state index in [4.69, 9.17) is 13.6 Å². The number of hydrogen-bond acceptors (Lipinski definition) is 3. The van der Waals surface area contributed by atoms with Crippen LogP contribution in [0.4, 0.5) is 0 Å². The van der Waals surface area contributed by atoms with Gasteiger partial charge in [-0.25, -0.2) is 0 Å². The van der Waals surface area contributed by atoms with Crippen LogP contribution in [0.2, 0.25) is 39.3 Å². The lowest BCUT2D eigenvalue weighted by molar-refractivity contribution is 0.408. The monoisotopic (exact) mass is 336 g/mol. The fourth-order valence-corrected chi connectivity index (χ4v) is 3.58. The normalized spacial score (nSPS) is 12.8. The van der Waals surface area contributed by atoms with E-state index in [1.54, 1.807) is 7.11 Å². The molecule has 0 unspecified atom stereocenters. The molecule has 0 saturated carbocycles. The first-order chi connectivity index (χ1) is 10.0. The highest BCUT2D eigenvalue weighted by Crippen LogP contribution is 2.30. The zero-order valence-electron chi connectivity index (χ0n) is 14.8. The summed E-state index contributed by atoms with van der Waals surface area (Å²) >= 11 is 0. The molecule has 0 spiro atoms. The van der Waals surface area contributed by atoms with Gasteiger partial charge in [-0.15, -0.1) is 0 Å². The van der Waals surface area contributed by atoms with Crippen molar-refractivity contribution >= 4 is 22.4 Å². The number of methoxy groups -OCH3 is 1. The summed E-state index contributed by atoms with van der Waals surface area (Å²) in [6.07, 6.45) is 1.88. The van der Waals surface area contributed by atoms with E-state index in [2.05, 4.69) is 45.9 Å². The molecule has 0 N–H and O–H groups in total. The highest BCUT2D eigenvalue weighted by molar-refractivity contribution is 6.70. The second-order valence-corrected chi connectivity index (χ2v) is 16.0. The summed E-state index contributed by atoms with van der Waals surface area (Å²) in [4.78, 5) is 0. The molecule has 1 aromatic carbocycles. The van der Waals surface area contributed by atoms with Gasteiger partial charge in [0.15, 0.2) is 0 Å². The Bertz CT molecular complexity index is 552. The first-order valence-corrected chi connectivity index (χ1v) is 14.3. The van der Waals surface area contributed by atoms with Gasteiger partial charge in [-0.3, -0.25) is 0 Å². The highest BCUT2D eigenvalue weighted by atomic mass is 28.4. The summed E-state index contributed by atoms with van der Waals surface area (Å²) in [7, 11) is -1.80. The third kappa shape index (κ3) is 6.53. The molecule has 0 bridgehead atoms. The largest absolute Gasteiger partial charge is 0.545 e. The van der Waals surface area contributed by atoms with Crippen molar-refractivity contribution in [3.8, 4) is 5.75 Å². The molecule has 0 aliphatic carbocycles. The van der Waals surface area contributed by atoms with Crippen LogP contribution in [0.3, 0.4) is 0 Å². The van der Waals surface area contributed by atoms with E-state index in [9.17, 15) is 0 Å². The van der Waals surface area contributed by atoms with E-state index in [0.29, 0.717) is 5.76 Å². The Morgan fingerprint density at radius 1 is 0.955 bits per heavy atom. The van der Waals surface area contributed by atoms with E-state index in [0.717, 1.165) is 17.1 Å². The summed E-state index contributed by atoms with van der Waals surface area (Å²) in [6.45, 7) is 16.9. The maximum atomic E-state index is 6.25. The zero-order chi connectivity index (χ0) is 17.0.